The number of halogens is 6. The first-order chi connectivity index (χ1) is 8.90. The molecule has 3 nitrogen and oxygen atoms in total. The number of esters is 1. The summed E-state index contributed by atoms with van der Waals surface area (Å²) < 4.78 is 79.3. The second-order valence-electron chi connectivity index (χ2n) is 4.84. The first-order valence-corrected chi connectivity index (χ1v) is 5.99. The van der Waals surface area contributed by atoms with Gasteiger partial charge in [-0.2, -0.15) is 26.3 Å². The molecule has 118 valence electrons. The van der Waals surface area contributed by atoms with E-state index in [1.54, 1.807) is 0 Å². The predicted octanol–water partition coefficient (Wildman–Crippen LogP) is 3.11. The van der Waals surface area contributed by atoms with Crippen LogP contribution in [0.2, 0.25) is 0 Å². The van der Waals surface area contributed by atoms with Crippen LogP contribution in [0.5, 0.6) is 0 Å². The summed E-state index contributed by atoms with van der Waals surface area (Å²) in [4.78, 5) is 11.4. The fourth-order valence-corrected chi connectivity index (χ4v) is 2.21. The van der Waals surface area contributed by atoms with Gasteiger partial charge in [-0.25, -0.2) is 4.79 Å². The van der Waals surface area contributed by atoms with Crippen LogP contribution < -0.4 is 0 Å². The van der Waals surface area contributed by atoms with Gasteiger partial charge in [0.25, 0.3) is 0 Å². The molecule has 1 N–H and O–H groups in total. The van der Waals surface area contributed by atoms with Gasteiger partial charge in [0, 0.05) is 0 Å². The predicted molar refractivity (Wildman–Crippen MR) is 54.6 cm³/mol. The molecule has 1 fully saturated rings. The highest BCUT2D eigenvalue weighted by molar-refractivity contribution is 5.82. The van der Waals surface area contributed by atoms with Crippen LogP contribution in [0, 0.1) is 0 Å². The number of alkyl halides is 6. The zero-order valence-corrected chi connectivity index (χ0v) is 10.6. The van der Waals surface area contributed by atoms with Crippen molar-refractivity contribution in [2.24, 2.45) is 0 Å². The molecule has 0 aromatic heterocycles. The van der Waals surface area contributed by atoms with Gasteiger partial charge in [0.1, 0.15) is 5.60 Å². The maximum absolute atomic E-state index is 12.5. The smallest absolute Gasteiger partial charge is 0.437 e. The van der Waals surface area contributed by atoms with Gasteiger partial charge in [0.15, 0.2) is 0 Å². The van der Waals surface area contributed by atoms with Crippen molar-refractivity contribution in [1.82, 2.24) is 0 Å². The molecular weight excluding hydrogens is 294 g/mol. The van der Waals surface area contributed by atoms with E-state index in [9.17, 15) is 31.1 Å². The molecule has 0 bridgehead atoms. The summed E-state index contributed by atoms with van der Waals surface area (Å²) in [7, 11) is 0. The third kappa shape index (κ3) is 2.72. The van der Waals surface area contributed by atoms with Crippen molar-refractivity contribution in [2.75, 3.05) is 0 Å². The summed E-state index contributed by atoms with van der Waals surface area (Å²) >= 11 is 0. The number of hydrogen-bond donors (Lipinski definition) is 1. The highest BCUT2D eigenvalue weighted by atomic mass is 19.4. The number of aliphatic hydroxyl groups is 1. The van der Waals surface area contributed by atoms with Gasteiger partial charge in [-0.15, -0.1) is 0 Å². The van der Waals surface area contributed by atoms with Gasteiger partial charge in [0.05, 0.1) is 0 Å². The van der Waals surface area contributed by atoms with E-state index < -0.39 is 29.5 Å². The van der Waals surface area contributed by atoms with Crippen LogP contribution >= 0.6 is 0 Å². The lowest BCUT2D eigenvalue weighted by Crippen LogP contribution is -2.64. The van der Waals surface area contributed by atoms with E-state index in [0.717, 1.165) is 0 Å². The SMILES string of the molecule is CCC1(OC(=O)C(O)(C(F)(F)F)C(F)(F)F)CCCC1. The van der Waals surface area contributed by atoms with E-state index in [-0.39, 0.29) is 19.3 Å². The number of rotatable bonds is 3. The molecule has 0 unspecified atom stereocenters. The Morgan fingerprint density at radius 2 is 1.50 bits per heavy atom. The molecule has 0 saturated heterocycles. The normalized spacial score (nSPS) is 20.0. The zero-order chi connectivity index (χ0) is 15.8. The highest BCUT2D eigenvalue weighted by Gasteiger charge is 2.77. The fourth-order valence-electron chi connectivity index (χ4n) is 2.21. The molecular formula is C11H14F6O3. The summed E-state index contributed by atoms with van der Waals surface area (Å²) in [5.41, 5.74) is -6.85. The van der Waals surface area contributed by atoms with E-state index in [1.165, 1.54) is 6.92 Å². The minimum absolute atomic E-state index is 0.0878. The van der Waals surface area contributed by atoms with Crippen LogP contribution in [0.15, 0.2) is 0 Å². The van der Waals surface area contributed by atoms with Crippen molar-refractivity contribution < 1.29 is 41.0 Å². The quantitative estimate of drug-likeness (QED) is 0.644. The van der Waals surface area contributed by atoms with E-state index in [1.807, 2.05) is 0 Å². The summed E-state index contributed by atoms with van der Waals surface area (Å²) in [6.45, 7) is 1.50. The molecule has 1 saturated carbocycles. The second kappa shape index (κ2) is 5.09. The molecule has 0 spiro atoms. The molecule has 20 heavy (non-hydrogen) atoms. The Labute approximate surface area is 110 Å². The topological polar surface area (TPSA) is 46.5 Å². The Balaban J connectivity index is 3.08. The molecule has 0 aromatic carbocycles. The Hall–Kier alpha value is -0.990. The molecule has 1 aliphatic rings. The van der Waals surface area contributed by atoms with Crippen molar-refractivity contribution in [1.29, 1.82) is 0 Å². The van der Waals surface area contributed by atoms with Crippen molar-refractivity contribution in [3.63, 3.8) is 0 Å². The lowest BCUT2D eigenvalue weighted by atomic mass is 9.97. The first kappa shape index (κ1) is 17.1. The maximum atomic E-state index is 12.5. The minimum Gasteiger partial charge on any atom is -0.456 e. The Morgan fingerprint density at radius 1 is 1.10 bits per heavy atom. The second-order valence-corrected chi connectivity index (χ2v) is 4.84. The molecule has 0 aliphatic heterocycles. The van der Waals surface area contributed by atoms with Gasteiger partial charge in [-0.1, -0.05) is 6.92 Å². The van der Waals surface area contributed by atoms with E-state index >= 15 is 0 Å². The number of ether oxygens (including phenoxy) is 1. The Bertz CT molecular complexity index is 353. The van der Waals surface area contributed by atoms with Gasteiger partial charge in [-0.3, -0.25) is 0 Å². The third-order valence-corrected chi connectivity index (χ3v) is 3.58. The average Bonchev–Trinajstić information content (AvgIpc) is 2.74. The maximum Gasteiger partial charge on any atom is 0.437 e. The van der Waals surface area contributed by atoms with Gasteiger partial charge >= 0.3 is 23.9 Å². The van der Waals surface area contributed by atoms with Crippen LogP contribution in [0.25, 0.3) is 0 Å². The van der Waals surface area contributed by atoms with Gasteiger partial charge < -0.3 is 9.84 Å². The van der Waals surface area contributed by atoms with E-state index in [2.05, 4.69) is 4.74 Å². The average molecular weight is 308 g/mol. The summed E-state index contributed by atoms with van der Waals surface area (Å²) in [5, 5.41) is 8.90. The molecule has 0 aromatic rings. The lowest BCUT2D eigenvalue weighted by Gasteiger charge is -2.35. The van der Waals surface area contributed by atoms with Crippen molar-refractivity contribution in [3.05, 3.63) is 0 Å². The van der Waals surface area contributed by atoms with Crippen LogP contribution in [-0.4, -0.2) is 34.6 Å². The summed E-state index contributed by atoms with van der Waals surface area (Å²) in [6, 6.07) is 0. The highest BCUT2D eigenvalue weighted by Crippen LogP contribution is 2.46. The van der Waals surface area contributed by atoms with Crippen molar-refractivity contribution in [2.45, 2.75) is 62.6 Å². The van der Waals surface area contributed by atoms with Gasteiger partial charge in [0.2, 0.25) is 0 Å². The van der Waals surface area contributed by atoms with Gasteiger partial charge in [-0.05, 0) is 32.1 Å². The van der Waals surface area contributed by atoms with Crippen molar-refractivity contribution in [3.8, 4) is 0 Å². The largest absolute Gasteiger partial charge is 0.456 e. The Kier molecular flexibility index (Phi) is 4.34. The molecule has 0 heterocycles. The fraction of sp³-hybridized carbons (Fsp3) is 0.909. The molecule has 0 radical (unpaired) electrons. The Morgan fingerprint density at radius 3 is 1.80 bits per heavy atom. The molecule has 1 aliphatic carbocycles. The molecule has 0 amide bonds. The molecule has 1 rings (SSSR count). The van der Waals surface area contributed by atoms with Crippen LogP contribution in [0.4, 0.5) is 26.3 Å². The summed E-state index contributed by atoms with van der Waals surface area (Å²) in [5.74, 6) is -2.71. The van der Waals surface area contributed by atoms with Crippen molar-refractivity contribution >= 4 is 5.97 Å². The minimum atomic E-state index is -6.20. The lowest BCUT2D eigenvalue weighted by molar-refractivity contribution is -0.359. The van der Waals surface area contributed by atoms with E-state index in [4.69, 9.17) is 5.11 Å². The zero-order valence-electron chi connectivity index (χ0n) is 10.6. The molecule has 0 atom stereocenters. The van der Waals surface area contributed by atoms with Crippen LogP contribution in [0.3, 0.4) is 0 Å². The van der Waals surface area contributed by atoms with Crippen LogP contribution in [-0.2, 0) is 9.53 Å². The third-order valence-electron chi connectivity index (χ3n) is 3.58. The number of carbonyl (C=O) groups excluding carboxylic acids is 1. The number of carbonyl (C=O) groups is 1. The summed E-state index contributed by atoms with van der Waals surface area (Å²) in [6.07, 6.45) is -10.9. The van der Waals surface area contributed by atoms with E-state index in [0.29, 0.717) is 12.8 Å². The first-order valence-electron chi connectivity index (χ1n) is 5.99. The van der Waals surface area contributed by atoms with Crippen LogP contribution in [0.1, 0.15) is 39.0 Å². The molecule has 9 heteroatoms. The number of hydrogen-bond acceptors (Lipinski definition) is 3. The standard InChI is InChI=1S/C11H14F6O3/c1-2-8(5-3-4-6-8)20-7(18)9(19,10(12,13)14)11(15,16)17/h19H,2-6H2,1H3. The monoisotopic (exact) mass is 308 g/mol.